The highest BCUT2D eigenvalue weighted by Gasteiger charge is 2.24. The standard InChI is InChI=1S/C16H18N2O4S/c1-9-13(10(2)17-14(9)16(21)22-4)11(19)8-18(3)15(20)12-6-5-7-23-12/h5-7,17H,8H2,1-4H3. The van der Waals surface area contributed by atoms with E-state index in [2.05, 4.69) is 9.72 Å². The van der Waals surface area contributed by atoms with E-state index in [4.69, 9.17) is 0 Å². The molecular weight excluding hydrogens is 316 g/mol. The van der Waals surface area contributed by atoms with Crippen LogP contribution in [0.3, 0.4) is 0 Å². The minimum Gasteiger partial charge on any atom is -0.464 e. The quantitative estimate of drug-likeness (QED) is 0.673. The number of likely N-dealkylation sites (N-methyl/N-ethyl adjacent to an activating group) is 1. The number of aryl methyl sites for hydroxylation is 1. The zero-order valence-electron chi connectivity index (χ0n) is 13.4. The van der Waals surface area contributed by atoms with Crippen LogP contribution in [0.4, 0.5) is 0 Å². The molecule has 0 aliphatic carbocycles. The molecular formula is C16H18N2O4S. The number of aromatic nitrogens is 1. The third-order valence-corrected chi connectivity index (χ3v) is 4.42. The highest BCUT2D eigenvalue weighted by Crippen LogP contribution is 2.20. The Labute approximate surface area is 138 Å². The molecule has 0 fully saturated rings. The first kappa shape index (κ1) is 17.0. The van der Waals surface area contributed by atoms with Gasteiger partial charge < -0.3 is 14.6 Å². The summed E-state index contributed by atoms with van der Waals surface area (Å²) in [6.45, 7) is 3.34. The third kappa shape index (κ3) is 3.34. The highest BCUT2D eigenvalue weighted by atomic mass is 32.1. The molecule has 0 aromatic carbocycles. The van der Waals surface area contributed by atoms with Crippen LogP contribution in [0.5, 0.6) is 0 Å². The van der Waals surface area contributed by atoms with Crippen molar-refractivity contribution in [3.05, 3.63) is 44.9 Å². The van der Waals surface area contributed by atoms with Gasteiger partial charge in [0.1, 0.15) is 5.69 Å². The lowest BCUT2D eigenvalue weighted by Crippen LogP contribution is -2.32. The molecule has 0 saturated heterocycles. The third-order valence-electron chi connectivity index (χ3n) is 3.57. The molecule has 1 amide bonds. The van der Waals surface area contributed by atoms with E-state index in [1.807, 2.05) is 5.38 Å². The summed E-state index contributed by atoms with van der Waals surface area (Å²) in [7, 11) is 2.87. The number of H-pyrrole nitrogens is 1. The van der Waals surface area contributed by atoms with E-state index >= 15 is 0 Å². The van der Waals surface area contributed by atoms with Crippen molar-refractivity contribution in [1.29, 1.82) is 0 Å². The zero-order chi connectivity index (χ0) is 17.1. The van der Waals surface area contributed by atoms with Gasteiger partial charge in [0.15, 0.2) is 5.78 Å². The molecule has 0 aliphatic rings. The fourth-order valence-corrected chi connectivity index (χ4v) is 3.15. The minimum absolute atomic E-state index is 0.0587. The molecule has 122 valence electrons. The molecule has 6 nitrogen and oxygen atoms in total. The molecule has 0 atom stereocenters. The first-order valence-electron chi connectivity index (χ1n) is 6.96. The number of thiophene rings is 1. The lowest BCUT2D eigenvalue weighted by Gasteiger charge is -2.15. The second-order valence-electron chi connectivity index (χ2n) is 5.18. The fraction of sp³-hybridized carbons (Fsp3) is 0.312. The van der Waals surface area contributed by atoms with Crippen LogP contribution in [0.2, 0.25) is 0 Å². The van der Waals surface area contributed by atoms with Crippen LogP contribution >= 0.6 is 11.3 Å². The summed E-state index contributed by atoms with van der Waals surface area (Å²) in [5, 5.41) is 1.81. The van der Waals surface area contributed by atoms with Crippen LogP contribution in [0.25, 0.3) is 0 Å². The van der Waals surface area contributed by atoms with E-state index in [1.165, 1.54) is 23.3 Å². The lowest BCUT2D eigenvalue weighted by molar-refractivity contribution is 0.0593. The van der Waals surface area contributed by atoms with Crippen LogP contribution in [-0.2, 0) is 4.74 Å². The number of carbonyl (C=O) groups is 3. The van der Waals surface area contributed by atoms with Gasteiger partial charge in [-0.25, -0.2) is 4.79 Å². The van der Waals surface area contributed by atoms with Gasteiger partial charge in [-0.2, -0.15) is 0 Å². The van der Waals surface area contributed by atoms with E-state index in [0.29, 0.717) is 21.7 Å². The van der Waals surface area contributed by atoms with E-state index in [-0.39, 0.29) is 23.9 Å². The van der Waals surface area contributed by atoms with Gasteiger partial charge >= 0.3 is 5.97 Å². The van der Waals surface area contributed by atoms with Crippen LogP contribution < -0.4 is 0 Å². The van der Waals surface area contributed by atoms with Gasteiger partial charge in [-0.05, 0) is 30.9 Å². The van der Waals surface area contributed by atoms with Crippen molar-refractivity contribution < 1.29 is 19.1 Å². The zero-order valence-corrected chi connectivity index (χ0v) is 14.2. The Morgan fingerprint density at radius 2 is 2.00 bits per heavy atom. The van der Waals surface area contributed by atoms with Crippen LogP contribution in [0.15, 0.2) is 17.5 Å². The topological polar surface area (TPSA) is 79.5 Å². The molecule has 2 rings (SSSR count). The summed E-state index contributed by atoms with van der Waals surface area (Å²) in [6, 6.07) is 3.51. The maximum atomic E-state index is 12.5. The van der Waals surface area contributed by atoms with Crippen molar-refractivity contribution in [1.82, 2.24) is 9.88 Å². The molecule has 0 saturated carbocycles. The number of nitrogens with zero attached hydrogens (tertiary/aromatic N) is 1. The molecule has 7 heteroatoms. The Morgan fingerprint density at radius 3 is 2.57 bits per heavy atom. The summed E-state index contributed by atoms with van der Waals surface area (Å²) in [5.74, 6) is -0.946. The second-order valence-corrected chi connectivity index (χ2v) is 6.13. The second kappa shape index (κ2) is 6.78. The van der Waals surface area contributed by atoms with Crippen molar-refractivity contribution in [2.24, 2.45) is 0 Å². The van der Waals surface area contributed by atoms with Gasteiger partial charge in [0.2, 0.25) is 0 Å². The number of methoxy groups -OCH3 is 1. The predicted octanol–water partition coefficient (Wildman–Crippen LogP) is 2.43. The smallest absolute Gasteiger partial charge is 0.354 e. The van der Waals surface area contributed by atoms with Crippen molar-refractivity contribution in [2.75, 3.05) is 20.7 Å². The number of esters is 1. The Kier molecular flexibility index (Phi) is 5.00. The molecule has 2 aromatic heterocycles. The summed E-state index contributed by atoms with van der Waals surface area (Å²) in [5.41, 5.74) is 1.82. The molecule has 2 aromatic rings. The van der Waals surface area contributed by atoms with Gasteiger partial charge in [0.25, 0.3) is 5.91 Å². The first-order chi connectivity index (χ1) is 10.9. The predicted molar refractivity (Wildman–Crippen MR) is 87.2 cm³/mol. The van der Waals surface area contributed by atoms with E-state index in [0.717, 1.165) is 0 Å². The molecule has 2 heterocycles. The van der Waals surface area contributed by atoms with Gasteiger partial charge in [-0.1, -0.05) is 6.07 Å². The summed E-state index contributed by atoms with van der Waals surface area (Å²) >= 11 is 1.33. The van der Waals surface area contributed by atoms with Crippen LogP contribution in [0, 0.1) is 13.8 Å². The Bertz CT molecular complexity index is 746. The molecule has 0 radical (unpaired) electrons. The number of nitrogens with one attached hydrogen (secondary N) is 1. The van der Waals surface area contributed by atoms with Gasteiger partial charge in [-0.3, -0.25) is 9.59 Å². The number of ketones is 1. The van der Waals surface area contributed by atoms with Gasteiger partial charge in [0.05, 0.1) is 18.5 Å². The molecule has 1 N–H and O–H groups in total. The molecule has 0 aliphatic heterocycles. The largest absolute Gasteiger partial charge is 0.464 e. The van der Waals surface area contributed by atoms with Crippen molar-refractivity contribution in [3.63, 3.8) is 0 Å². The van der Waals surface area contributed by atoms with E-state index < -0.39 is 5.97 Å². The number of amides is 1. The van der Waals surface area contributed by atoms with E-state index in [9.17, 15) is 14.4 Å². The Hall–Kier alpha value is -2.41. The summed E-state index contributed by atoms with van der Waals surface area (Å²) in [4.78, 5) is 41.2. The Morgan fingerprint density at radius 1 is 1.30 bits per heavy atom. The number of ether oxygens (including phenoxy) is 1. The molecule has 0 spiro atoms. The number of aromatic amines is 1. The number of rotatable bonds is 5. The first-order valence-corrected chi connectivity index (χ1v) is 7.84. The monoisotopic (exact) mass is 334 g/mol. The maximum absolute atomic E-state index is 12.5. The minimum atomic E-state index is -0.521. The van der Waals surface area contributed by atoms with Gasteiger partial charge in [0, 0.05) is 18.3 Å². The number of hydrogen-bond donors (Lipinski definition) is 1. The number of carbonyl (C=O) groups excluding carboxylic acids is 3. The average molecular weight is 334 g/mol. The highest BCUT2D eigenvalue weighted by molar-refractivity contribution is 7.12. The lowest BCUT2D eigenvalue weighted by atomic mass is 10.1. The number of hydrogen-bond acceptors (Lipinski definition) is 5. The maximum Gasteiger partial charge on any atom is 0.354 e. The Balaban J connectivity index is 2.20. The fourth-order valence-electron chi connectivity index (χ4n) is 2.43. The molecule has 23 heavy (non-hydrogen) atoms. The average Bonchev–Trinajstić information content (AvgIpc) is 3.13. The van der Waals surface area contributed by atoms with Crippen molar-refractivity contribution in [2.45, 2.75) is 13.8 Å². The van der Waals surface area contributed by atoms with Gasteiger partial charge in [-0.15, -0.1) is 11.3 Å². The van der Waals surface area contributed by atoms with Crippen LogP contribution in [0.1, 0.15) is 41.8 Å². The molecule has 0 bridgehead atoms. The summed E-state index contributed by atoms with van der Waals surface area (Å²) < 4.78 is 4.69. The van der Waals surface area contributed by atoms with Crippen molar-refractivity contribution >= 4 is 29.0 Å². The number of Topliss-reactive ketones (excluding diaryl/α,β-unsaturated/α-hetero) is 1. The van der Waals surface area contributed by atoms with Crippen LogP contribution in [-0.4, -0.2) is 48.2 Å². The van der Waals surface area contributed by atoms with E-state index in [1.54, 1.807) is 33.0 Å². The normalized spacial score (nSPS) is 10.4. The van der Waals surface area contributed by atoms with Crippen molar-refractivity contribution in [3.8, 4) is 0 Å². The summed E-state index contributed by atoms with van der Waals surface area (Å²) in [6.07, 6.45) is 0. The SMILES string of the molecule is COC(=O)c1[nH]c(C)c(C(=O)CN(C)C(=O)c2cccs2)c1C. The molecule has 0 unspecified atom stereocenters.